The van der Waals surface area contributed by atoms with E-state index in [9.17, 15) is 9.18 Å². The number of methoxy groups -OCH3 is 1. The van der Waals surface area contributed by atoms with Crippen molar-refractivity contribution in [2.24, 2.45) is 0 Å². The van der Waals surface area contributed by atoms with Crippen molar-refractivity contribution >= 4 is 40.3 Å². The molecule has 2 aromatic rings. The maximum absolute atomic E-state index is 13.3. The predicted octanol–water partition coefficient (Wildman–Crippen LogP) is 4.63. The summed E-state index contributed by atoms with van der Waals surface area (Å²) in [4.78, 5) is 14.5. The molecule has 1 fully saturated rings. The molecule has 3 rings (SSSR count). The number of carbonyl (C=O) groups is 1. The Kier molecular flexibility index (Phi) is 6.13. The molecule has 140 valence electrons. The highest BCUT2D eigenvalue weighted by Crippen LogP contribution is 2.33. The second kappa shape index (κ2) is 8.54. The van der Waals surface area contributed by atoms with Crippen LogP contribution in [-0.2, 0) is 11.4 Å². The van der Waals surface area contributed by atoms with Gasteiger partial charge in [-0.15, -0.1) is 0 Å². The van der Waals surface area contributed by atoms with E-state index in [1.165, 1.54) is 23.9 Å². The van der Waals surface area contributed by atoms with Gasteiger partial charge < -0.3 is 9.47 Å². The van der Waals surface area contributed by atoms with E-state index in [0.29, 0.717) is 27.3 Å². The Labute approximate surface area is 167 Å². The lowest BCUT2D eigenvalue weighted by atomic mass is 10.1. The van der Waals surface area contributed by atoms with Crippen LogP contribution in [0.4, 0.5) is 4.39 Å². The van der Waals surface area contributed by atoms with Crippen LogP contribution >= 0.6 is 24.0 Å². The van der Waals surface area contributed by atoms with Crippen LogP contribution in [0.3, 0.4) is 0 Å². The first-order valence-electron chi connectivity index (χ1n) is 8.32. The summed E-state index contributed by atoms with van der Waals surface area (Å²) in [6.07, 6.45) is 1.81. The Morgan fingerprint density at radius 1 is 1.26 bits per heavy atom. The number of hydrogen-bond acceptors (Lipinski definition) is 5. The SMILES string of the molecule is CCN1C(=O)C(=Cc2ccc(OC)c(COc3cccc(F)c3)c2)SC1=S. The van der Waals surface area contributed by atoms with E-state index in [1.54, 1.807) is 30.2 Å². The molecular formula is C20H18FNO3S2. The summed E-state index contributed by atoms with van der Waals surface area (Å²) in [5.41, 5.74) is 1.63. The summed E-state index contributed by atoms with van der Waals surface area (Å²) in [5, 5.41) is 0. The van der Waals surface area contributed by atoms with Gasteiger partial charge in [-0.05, 0) is 42.8 Å². The molecule has 0 radical (unpaired) electrons. The average molecular weight is 404 g/mol. The molecule has 0 spiro atoms. The minimum Gasteiger partial charge on any atom is -0.496 e. The van der Waals surface area contributed by atoms with E-state index in [2.05, 4.69) is 0 Å². The number of thioether (sulfide) groups is 1. The van der Waals surface area contributed by atoms with Gasteiger partial charge >= 0.3 is 0 Å². The third kappa shape index (κ3) is 4.48. The Hall–Kier alpha value is -2.38. The number of ether oxygens (including phenoxy) is 2. The number of likely N-dealkylation sites (N-methyl/N-ethyl adjacent to an activating group) is 1. The minimum absolute atomic E-state index is 0.0825. The molecular weight excluding hydrogens is 385 g/mol. The number of hydrogen-bond donors (Lipinski definition) is 0. The summed E-state index contributed by atoms with van der Waals surface area (Å²) < 4.78 is 24.9. The van der Waals surface area contributed by atoms with E-state index in [1.807, 2.05) is 25.1 Å². The molecule has 2 aromatic carbocycles. The van der Waals surface area contributed by atoms with Gasteiger partial charge in [-0.25, -0.2) is 4.39 Å². The highest BCUT2D eigenvalue weighted by molar-refractivity contribution is 8.26. The van der Waals surface area contributed by atoms with Crippen LogP contribution in [0.5, 0.6) is 11.5 Å². The monoisotopic (exact) mass is 403 g/mol. The van der Waals surface area contributed by atoms with Crippen molar-refractivity contribution in [1.29, 1.82) is 0 Å². The fourth-order valence-corrected chi connectivity index (χ4v) is 4.03. The largest absolute Gasteiger partial charge is 0.496 e. The first kappa shape index (κ1) is 19.4. The summed E-state index contributed by atoms with van der Waals surface area (Å²) in [6.45, 7) is 2.66. The number of amides is 1. The van der Waals surface area contributed by atoms with Crippen molar-refractivity contribution in [2.75, 3.05) is 13.7 Å². The van der Waals surface area contributed by atoms with Gasteiger partial charge in [-0.1, -0.05) is 36.1 Å². The van der Waals surface area contributed by atoms with Gasteiger partial charge in [0.05, 0.1) is 12.0 Å². The van der Waals surface area contributed by atoms with E-state index in [0.717, 1.165) is 11.1 Å². The molecule has 0 atom stereocenters. The summed E-state index contributed by atoms with van der Waals surface area (Å²) in [6, 6.07) is 11.5. The molecule has 0 saturated carbocycles. The van der Waals surface area contributed by atoms with Gasteiger partial charge in [-0.2, -0.15) is 0 Å². The fourth-order valence-electron chi connectivity index (χ4n) is 2.64. The molecule has 0 aromatic heterocycles. The number of thiocarbonyl (C=S) groups is 1. The molecule has 7 heteroatoms. The molecule has 1 amide bonds. The number of carbonyl (C=O) groups excluding carboxylic acids is 1. The zero-order valence-corrected chi connectivity index (χ0v) is 16.5. The quantitative estimate of drug-likeness (QED) is 0.519. The van der Waals surface area contributed by atoms with Crippen molar-refractivity contribution in [2.45, 2.75) is 13.5 Å². The number of halogens is 1. The predicted molar refractivity (Wildman–Crippen MR) is 109 cm³/mol. The smallest absolute Gasteiger partial charge is 0.266 e. The Bertz CT molecular complexity index is 914. The Morgan fingerprint density at radius 3 is 2.74 bits per heavy atom. The van der Waals surface area contributed by atoms with Crippen molar-refractivity contribution in [1.82, 2.24) is 4.90 Å². The molecule has 1 heterocycles. The van der Waals surface area contributed by atoms with Gasteiger partial charge in [-0.3, -0.25) is 9.69 Å². The average Bonchev–Trinajstić information content (AvgIpc) is 2.93. The van der Waals surface area contributed by atoms with E-state index in [-0.39, 0.29) is 18.3 Å². The second-order valence-corrected chi connectivity index (χ2v) is 7.42. The zero-order chi connectivity index (χ0) is 19.4. The highest BCUT2D eigenvalue weighted by atomic mass is 32.2. The highest BCUT2D eigenvalue weighted by Gasteiger charge is 2.30. The maximum Gasteiger partial charge on any atom is 0.266 e. The zero-order valence-electron chi connectivity index (χ0n) is 14.9. The third-order valence-electron chi connectivity index (χ3n) is 3.98. The van der Waals surface area contributed by atoms with E-state index >= 15 is 0 Å². The summed E-state index contributed by atoms with van der Waals surface area (Å²) in [7, 11) is 1.58. The van der Waals surface area contributed by atoms with Crippen molar-refractivity contribution < 1.29 is 18.7 Å². The fraction of sp³-hybridized carbons (Fsp3) is 0.200. The first-order chi connectivity index (χ1) is 13.0. The van der Waals surface area contributed by atoms with Crippen LogP contribution in [0.1, 0.15) is 18.1 Å². The molecule has 27 heavy (non-hydrogen) atoms. The van der Waals surface area contributed by atoms with Gasteiger partial charge in [0.1, 0.15) is 28.2 Å². The van der Waals surface area contributed by atoms with Crippen LogP contribution in [0.25, 0.3) is 6.08 Å². The number of benzene rings is 2. The van der Waals surface area contributed by atoms with Crippen molar-refractivity contribution in [3.05, 3.63) is 64.3 Å². The number of rotatable bonds is 6. The molecule has 1 aliphatic rings. The Morgan fingerprint density at radius 2 is 2.07 bits per heavy atom. The summed E-state index contributed by atoms with van der Waals surface area (Å²) >= 11 is 6.53. The molecule has 0 bridgehead atoms. The molecule has 0 unspecified atom stereocenters. The van der Waals surface area contributed by atoms with Gasteiger partial charge in [0.15, 0.2) is 0 Å². The van der Waals surface area contributed by atoms with Crippen LogP contribution < -0.4 is 9.47 Å². The molecule has 1 aliphatic heterocycles. The van der Waals surface area contributed by atoms with Crippen LogP contribution in [-0.4, -0.2) is 28.8 Å². The lowest BCUT2D eigenvalue weighted by Crippen LogP contribution is -2.27. The van der Waals surface area contributed by atoms with E-state index in [4.69, 9.17) is 21.7 Å². The van der Waals surface area contributed by atoms with Crippen molar-refractivity contribution in [3.8, 4) is 11.5 Å². The number of nitrogens with zero attached hydrogens (tertiary/aromatic N) is 1. The molecule has 0 aliphatic carbocycles. The third-order valence-corrected chi connectivity index (χ3v) is 5.36. The molecule has 1 saturated heterocycles. The normalized spacial score (nSPS) is 15.5. The van der Waals surface area contributed by atoms with Gasteiger partial charge in [0.2, 0.25) is 0 Å². The second-order valence-electron chi connectivity index (χ2n) is 5.74. The topological polar surface area (TPSA) is 38.8 Å². The van der Waals surface area contributed by atoms with Crippen LogP contribution in [0, 0.1) is 5.82 Å². The first-order valence-corrected chi connectivity index (χ1v) is 9.55. The minimum atomic E-state index is -0.355. The van der Waals surface area contributed by atoms with Gasteiger partial charge in [0, 0.05) is 18.2 Å². The standard InChI is InChI=1S/C20H18FNO3S2/c1-3-22-19(23)18(27-20(22)26)10-13-7-8-17(24-2)14(9-13)12-25-16-6-4-5-15(21)11-16/h4-11H,3,12H2,1-2H3. The maximum atomic E-state index is 13.3. The summed E-state index contributed by atoms with van der Waals surface area (Å²) in [5.74, 6) is 0.656. The van der Waals surface area contributed by atoms with Gasteiger partial charge in [0.25, 0.3) is 5.91 Å². The Balaban J connectivity index is 1.82. The lowest BCUT2D eigenvalue weighted by molar-refractivity contribution is -0.121. The van der Waals surface area contributed by atoms with Crippen LogP contribution in [0.15, 0.2) is 47.4 Å². The van der Waals surface area contributed by atoms with Crippen LogP contribution in [0.2, 0.25) is 0 Å². The molecule has 4 nitrogen and oxygen atoms in total. The van der Waals surface area contributed by atoms with E-state index < -0.39 is 0 Å². The lowest BCUT2D eigenvalue weighted by Gasteiger charge is -2.12. The molecule has 0 N–H and O–H groups in total. The van der Waals surface area contributed by atoms with Crippen molar-refractivity contribution in [3.63, 3.8) is 0 Å².